The standard InChI is InChI=1S/C9H19N3O/c10-11-9(13)5-4-8-12-6-2-1-3-7-12/h1-8,10H2,(H,11,13). The molecule has 1 rings (SSSR count). The van der Waals surface area contributed by atoms with Crippen LogP contribution >= 0.6 is 0 Å². The molecule has 76 valence electrons. The van der Waals surface area contributed by atoms with Gasteiger partial charge < -0.3 is 4.90 Å². The first-order chi connectivity index (χ1) is 6.33. The van der Waals surface area contributed by atoms with Crippen LogP contribution in [0.4, 0.5) is 0 Å². The molecule has 1 saturated heterocycles. The maximum atomic E-state index is 10.8. The van der Waals surface area contributed by atoms with E-state index < -0.39 is 0 Å². The summed E-state index contributed by atoms with van der Waals surface area (Å²) >= 11 is 0. The van der Waals surface area contributed by atoms with Gasteiger partial charge in [-0.2, -0.15) is 0 Å². The fourth-order valence-electron chi connectivity index (χ4n) is 1.72. The largest absolute Gasteiger partial charge is 0.303 e. The quantitative estimate of drug-likeness (QED) is 0.375. The molecule has 4 heteroatoms. The summed E-state index contributed by atoms with van der Waals surface area (Å²) < 4.78 is 0. The summed E-state index contributed by atoms with van der Waals surface area (Å²) in [6, 6.07) is 0. The molecule has 0 aliphatic carbocycles. The molecular formula is C9H19N3O. The van der Waals surface area contributed by atoms with Crippen molar-refractivity contribution in [2.75, 3.05) is 19.6 Å². The van der Waals surface area contributed by atoms with Crippen LogP contribution < -0.4 is 11.3 Å². The Morgan fingerprint density at radius 2 is 2.00 bits per heavy atom. The van der Waals surface area contributed by atoms with E-state index in [2.05, 4.69) is 10.3 Å². The summed E-state index contributed by atoms with van der Waals surface area (Å²) in [4.78, 5) is 13.2. The lowest BCUT2D eigenvalue weighted by Crippen LogP contribution is -2.33. The second-order valence-corrected chi connectivity index (χ2v) is 3.57. The third-order valence-corrected chi connectivity index (χ3v) is 2.49. The number of nitrogens with zero attached hydrogens (tertiary/aromatic N) is 1. The van der Waals surface area contributed by atoms with Crippen LogP contribution in [0.5, 0.6) is 0 Å². The lowest BCUT2D eigenvalue weighted by molar-refractivity contribution is -0.121. The Labute approximate surface area is 79.4 Å². The first-order valence-electron chi connectivity index (χ1n) is 5.05. The number of rotatable bonds is 4. The molecule has 0 atom stereocenters. The van der Waals surface area contributed by atoms with Gasteiger partial charge in [-0.1, -0.05) is 6.42 Å². The zero-order valence-corrected chi connectivity index (χ0v) is 8.09. The van der Waals surface area contributed by atoms with E-state index >= 15 is 0 Å². The second-order valence-electron chi connectivity index (χ2n) is 3.57. The van der Waals surface area contributed by atoms with Crippen molar-refractivity contribution in [3.63, 3.8) is 0 Å². The van der Waals surface area contributed by atoms with Gasteiger partial charge >= 0.3 is 0 Å². The highest BCUT2D eigenvalue weighted by Crippen LogP contribution is 2.09. The van der Waals surface area contributed by atoms with Crippen LogP contribution in [0, 0.1) is 0 Å². The van der Waals surface area contributed by atoms with Crippen LogP contribution in [0.2, 0.25) is 0 Å². The summed E-state index contributed by atoms with van der Waals surface area (Å²) in [7, 11) is 0. The van der Waals surface area contributed by atoms with Crippen molar-refractivity contribution in [3.8, 4) is 0 Å². The van der Waals surface area contributed by atoms with Gasteiger partial charge in [-0.3, -0.25) is 10.2 Å². The first-order valence-corrected chi connectivity index (χ1v) is 5.05. The van der Waals surface area contributed by atoms with Gasteiger partial charge in [0.1, 0.15) is 0 Å². The van der Waals surface area contributed by atoms with Crippen LogP contribution in [0.3, 0.4) is 0 Å². The third-order valence-electron chi connectivity index (χ3n) is 2.49. The molecule has 13 heavy (non-hydrogen) atoms. The number of likely N-dealkylation sites (tertiary alicyclic amines) is 1. The molecule has 1 amide bonds. The molecule has 1 aliphatic rings. The number of carbonyl (C=O) groups is 1. The molecule has 0 unspecified atom stereocenters. The Morgan fingerprint density at radius 1 is 1.31 bits per heavy atom. The molecule has 3 N–H and O–H groups in total. The van der Waals surface area contributed by atoms with Gasteiger partial charge in [-0.15, -0.1) is 0 Å². The number of nitrogens with two attached hydrogens (primary N) is 1. The molecule has 0 spiro atoms. The maximum Gasteiger partial charge on any atom is 0.233 e. The number of hydrogen-bond acceptors (Lipinski definition) is 3. The fourth-order valence-corrected chi connectivity index (χ4v) is 1.72. The van der Waals surface area contributed by atoms with Crippen molar-refractivity contribution in [2.45, 2.75) is 32.1 Å². The van der Waals surface area contributed by atoms with Crippen LogP contribution in [0.1, 0.15) is 32.1 Å². The lowest BCUT2D eigenvalue weighted by Gasteiger charge is -2.26. The molecule has 1 fully saturated rings. The zero-order chi connectivity index (χ0) is 9.52. The summed E-state index contributed by atoms with van der Waals surface area (Å²) in [6.07, 6.45) is 5.45. The topological polar surface area (TPSA) is 58.4 Å². The average molecular weight is 185 g/mol. The molecule has 0 radical (unpaired) electrons. The van der Waals surface area contributed by atoms with E-state index in [4.69, 9.17) is 5.84 Å². The minimum Gasteiger partial charge on any atom is -0.303 e. The van der Waals surface area contributed by atoms with Crippen molar-refractivity contribution >= 4 is 5.91 Å². The Bertz CT molecular complexity index is 155. The smallest absolute Gasteiger partial charge is 0.233 e. The normalized spacial score (nSPS) is 18.5. The van der Waals surface area contributed by atoms with Gasteiger partial charge in [-0.25, -0.2) is 5.84 Å². The molecule has 1 aliphatic heterocycles. The number of nitrogens with one attached hydrogen (secondary N) is 1. The van der Waals surface area contributed by atoms with Crippen LogP contribution in [0.15, 0.2) is 0 Å². The SMILES string of the molecule is NNC(=O)CCCN1CCCCC1. The van der Waals surface area contributed by atoms with E-state index in [0.29, 0.717) is 6.42 Å². The van der Waals surface area contributed by atoms with Crippen LogP contribution in [0.25, 0.3) is 0 Å². The predicted octanol–water partition coefficient (Wildman–Crippen LogP) is 0.242. The van der Waals surface area contributed by atoms with E-state index in [1.807, 2.05) is 0 Å². The molecule has 0 saturated carbocycles. The maximum absolute atomic E-state index is 10.8. The van der Waals surface area contributed by atoms with E-state index in [0.717, 1.165) is 13.0 Å². The van der Waals surface area contributed by atoms with Crippen molar-refractivity contribution in [3.05, 3.63) is 0 Å². The number of hydrazine groups is 1. The summed E-state index contributed by atoms with van der Waals surface area (Å²) in [5.41, 5.74) is 2.15. The third kappa shape index (κ3) is 4.24. The van der Waals surface area contributed by atoms with E-state index in [-0.39, 0.29) is 5.91 Å². The zero-order valence-electron chi connectivity index (χ0n) is 8.09. The van der Waals surface area contributed by atoms with Gasteiger partial charge in [0.2, 0.25) is 5.91 Å². The van der Waals surface area contributed by atoms with Gasteiger partial charge in [0, 0.05) is 6.42 Å². The predicted molar refractivity (Wildman–Crippen MR) is 51.9 cm³/mol. The van der Waals surface area contributed by atoms with E-state index in [1.54, 1.807) is 0 Å². The van der Waals surface area contributed by atoms with E-state index in [1.165, 1.54) is 32.4 Å². The summed E-state index contributed by atoms with van der Waals surface area (Å²) in [5.74, 6) is 4.92. The summed E-state index contributed by atoms with van der Waals surface area (Å²) in [6.45, 7) is 3.43. The molecule has 0 aromatic rings. The van der Waals surface area contributed by atoms with Crippen molar-refractivity contribution in [1.29, 1.82) is 0 Å². The van der Waals surface area contributed by atoms with Crippen molar-refractivity contribution in [2.24, 2.45) is 5.84 Å². The van der Waals surface area contributed by atoms with Gasteiger partial charge in [0.15, 0.2) is 0 Å². The molecule has 0 aromatic carbocycles. The highest BCUT2D eigenvalue weighted by Gasteiger charge is 2.09. The molecule has 1 heterocycles. The Balaban J connectivity index is 2.01. The van der Waals surface area contributed by atoms with Crippen LogP contribution in [-0.4, -0.2) is 30.4 Å². The molecule has 4 nitrogen and oxygen atoms in total. The molecule has 0 aromatic heterocycles. The Hall–Kier alpha value is -0.610. The monoisotopic (exact) mass is 185 g/mol. The fraction of sp³-hybridized carbons (Fsp3) is 0.889. The highest BCUT2D eigenvalue weighted by atomic mass is 16.2. The van der Waals surface area contributed by atoms with E-state index in [9.17, 15) is 4.79 Å². The lowest BCUT2D eigenvalue weighted by atomic mass is 10.1. The van der Waals surface area contributed by atoms with Crippen molar-refractivity contribution < 1.29 is 4.79 Å². The minimum absolute atomic E-state index is 0.0583. The number of carbonyl (C=O) groups excluding carboxylic acids is 1. The number of amides is 1. The van der Waals surface area contributed by atoms with Gasteiger partial charge in [0.05, 0.1) is 0 Å². The molecule has 0 bridgehead atoms. The number of hydrogen-bond donors (Lipinski definition) is 2. The Kier molecular flexibility index (Phi) is 4.78. The van der Waals surface area contributed by atoms with Gasteiger partial charge in [0.25, 0.3) is 0 Å². The van der Waals surface area contributed by atoms with Gasteiger partial charge in [-0.05, 0) is 38.9 Å². The molecular weight excluding hydrogens is 166 g/mol. The van der Waals surface area contributed by atoms with Crippen LogP contribution in [-0.2, 0) is 4.79 Å². The average Bonchev–Trinajstić information content (AvgIpc) is 2.19. The highest BCUT2D eigenvalue weighted by molar-refractivity contribution is 5.75. The summed E-state index contributed by atoms with van der Waals surface area (Å²) in [5, 5.41) is 0. The van der Waals surface area contributed by atoms with Crippen molar-refractivity contribution in [1.82, 2.24) is 10.3 Å². The minimum atomic E-state index is -0.0583. The first kappa shape index (κ1) is 10.5. The second kappa shape index (κ2) is 5.94. The number of piperidine rings is 1. The Morgan fingerprint density at radius 3 is 2.62 bits per heavy atom.